The first kappa shape index (κ1) is 14.4. The molecule has 0 N–H and O–H groups in total. The van der Waals surface area contributed by atoms with E-state index in [1.807, 2.05) is 11.8 Å². The molecule has 0 spiro atoms. The van der Waals surface area contributed by atoms with Crippen LogP contribution in [0.4, 0.5) is 0 Å². The van der Waals surface area contributed by atoms with E-state index in [1.165, 1.54) is 62.6 Å². The lowest BCUT2D eigenvalue weighted by Gasteiger charge is -2.35. The smallest absolute Gasteiger partial charge is 0.0367 e. The molecule has 2 heterocycles. The van der Waals surface area contributed by atoms with Crippen molar-refractivity contribution in [2.24, 2.45) is 0 Å². The van der Waals surface area contributed by atoms with Crippen LogP contribution in [0.3, 0.4) is 0 Å². The predicted octanol–water partition coefficient (Wildman–Crippen LogP) is 3.64. The molecular formula is C17H26N2S. The van der Waals surface area contributed by atoms with Crippen LogP contribution < -0.4 is 0 Å². The maximum absolute atomic E-state index is 2.74. The molecule has 0 bridgehead atoms. The molecule has 0 aromatic heterocycles. The Morgan fingerprint density at radius 3 is 2.95 bits per heavy atom. The number of hydrogen-bond acceptors (Lipinski definition) is 3. The maximum atomic E-state index is 2.74. The van der Waals surface area contributed by atoms with Gasteiger partial charge in [0.05, 0.1) is 0 Å². The third-order valence-corrected chi connectivity index (χ3v) is 5.65. The number of benzene rings is 1. The van der Waals surface area contributed by atoms with Gasteiger partial charge in [-0.25, -0.2) is 0 Å². The minimum atomic E-state index is 0.661. The van der Waals surface area contributed by atoms with E-state index in [4.69, 9.17) is 0 Å². The molecule has 1 aromatic carbocycles. The SMILES string of the molecule is CCCN1CCCN(C2CCSc3ccccc32)CC1. The van der Waals surface area contributed by atoms with Gasteiger partial charge < -0.3 is 4.90 Å². The largest absolute Gasteiger partial charge is 0.302 e. The van der Waals surface area contributed by atoms with Crippen LogP contribution >= 0.6 is 11.8 Å². The summed E-state index contributed by atoms with van der Waals surface area (Å²) in [5.74, 6) is 1.27. The molecule has 1 saturated heterocycles. The van der Waals surface area contributed by atoms with Gasteiger partial charge >= 0.3 is 0 Å². The van der Waals surface area contributed by atoms with E-state index < -0.39 is 0 Å². The zero-order valence-electron chi connectivity index (χ0n) is 12.6. The van der Waals surface area contributed by atoms with Crippen molar-refractivity contribution in [3.8, 4) is 0 Å². The molecule has 0 radical (unpaired) electrons. The summed E-state index contributed by atoms with van der Waals surface area (Å²) in [5, 5.41) is 0. The maximum Gasteiger partial charge on any atom is 0.0367 e. The second kappa shape index (κ2) is 6.97. The fourth-order valence-corrected chi connectivity index (χ4v) is 4.65. The summed E-state index contributed by atoms with van der Waals surface area (Å²) in [5.41, 5.74) is 1.58. The van der Waals surface area contributed by atoms with Crippen LogP contribution in [0.1, 0.15) is 37.8 Å². The Bertz CT molecular complexity index is 435. The molecule has 1 unspecified atom stereocenters. The first-order valence-electron chi connectivity index (χ1n) is 8.06. The normalized spacial score (nSPS) is 25.1. The van der Waals surface area contributed by atoms with Crippen LogP contribution in [0.5, 0.6) is 0 Å². The van der Waals surface area contributed by atoms with Gasteiger partial charge in [0.2, 0.25) is 0 Å². The molecule has 0 amide bonds. The van der Waals surface area contributed by atoms with Crippen molar-refractivity contribution in [3.63, 3.8) is 0 Å². The zero-order valence-corrected chi connectivity index (χ0v) is 13.4. The highest BCUT2D eigenvalue weighted by Gasteiger charge is 2.27. The van der Waals surface area contributed by atoms with Gasteiger partial charge in [0.1, 0.15) is 0 Å². The minimum Gasteiger partial charge on any atom is -0.302 e. The quantitative estimate of drug-likeness (QED) is 0.839. The van der Waals surface area contributed by atoms with Crippen LogP contribution in [0, 0.1) is 0 Å². The Morgan fingerprint density at radius 1 is 1.15 bits per heavy atom. The molecule has 3 heteroatoms. The summed E-state index contributed by atoms with van der Waals surface area (Å²) in [6.07, 6.45) is 3.92. The molecular weight excluding hydrogens is 264 g/mol. The summed E-state index contributed by atoms with van der Waals surface area (Å²) < 4.78 is 0. The van der Waals surface area contributed by atoms with Crippen LogP contribution in [0.15, 0.2) is 29.2 Å². The number of rotatable bonds is 3. The Hall–Kier alpha value is -0.510. The van der Waals surface area contributed by atoms with Gasteiger partial charge in [-0.2, -0.15) is 0 Å². The summed E-state index contributed by atoms with van der Waals surface area (Å²) >= 11 is 2.03. The van der Waals surface area contributed by atoms with Crippen LogP contribution in [-0.2, 0) is 0 Å². The Morgan fingerprint density at radius 2 is 2.05 bits per heavy atom. The van der Waals surface area contributed by atoms with E-state index >= 15 is 0 Å². The molecule has 1 atom stereocenters. The number of hydrogen-bond donors (Lipinski definition) is 0. The van der Waals surface area contributed by atoms with Gasteiger partial charge in [0.25, 0.3) is 0 Å². The highest BCUT2D eigenvalue weighted by Crippen LogP contribution is 2.39. The fraction of sp³-hybridized carbons (Fsp3) is 0.647. The standard InChI is InChI=1S/C17H26N2S/c1-2-9-18-10-5-11-19(13-12-18)16-8-14-20-17-7-4-3-6-15(16)17/h3-4,6-7,16H,2,5,8-14H2,1H3. The third kappa shape index (κ3) is 3.21. The molecule has 2 nitrogen and oxygen atoms in total. The lowest BCUT2D eigenvalue weighted by atomic mass is 10.0. The molecule has 0 saturated carbocycles. The van der Waals surface area contributed by atoms with Crippen molar-refractivity contribution in [1.29, 1.82) is 0 Å². The Balaban J connectivity index is 1.71. The van der Waals surface area contributed by atoms with E-state index in [-0.39, 0.29) is 0 Å². The number of nitrogens with zero attached hydrogens (tertiary/aromatic N) is 2. The van der Waals surface area contributed by atoms with Gasteiger partial charge in [0.15, 0.2) is 0 Å². The topological polar surface area (TPSA) is 6.48 Å². The summed E-state index contributed by atoms with van der Waals surface area (Å²) in [6, 6.07) is 9.70. The average Bonchev–Trinajstić information content (AvgIpc) is 2.73. The first-order valence-corrected chi connectivity index (χ1v) is 9.05. The molecule has 2 aliphatic rings. The van der Waals surface area contributed by atoms with Crippen LogP contribution in [-0.4, -0.2) is 48.3 Å². The van der Waals surface area contributed by atoms with Crippen molar-refractivity contribution < 1.29 is 0 Å². The zero-order chi connectivity index (χ0) is 13.8. The second-order valence-corrected chi connectivity index (χ2v) is 7.06. The van der Waals surface area contributed by atoms with Crippen LogP contribution in [0.25, 0.3) is 0 Å². The summed E-state index contributed by atoms with van der Waals surface area (Å²) in [4.78, 5) is 6.90. The minimum absolute atomic E-state index is 0.661. The molecule has 3 rings (SSSR count). The average molecular weight is 290 g/mol. The second-order valence-electron chi connectivity index (χ2n) is 5.92. The van der Waals surface area contributed by atoms with Crippen molar-refractivity contribution in [2.45, 2.75) is 37.1 Å². The molecule has 110 valence electrons. The number of fused-ring (bicyclic) bond motifs is 1. The molecule has 20 heavy (non-hydrogen) atoms. The van der Waals surface area contributed by atoms with Gasteiger partial charge in [-0.1, -0.05) is 25.1 Å². The van der Waals surface area contributed by atoms with Crippen molar-refractivity contribution in [1.82, 2.24) is 9.80 Å². The third-order valence-electron chi connectivity index (χ3n) is 4.53. The van der Waals surface area contributed by atoms with E-state index in [2.05, 4.69) is 41.0 Å². The monoisotopic (exact) mass is 290 g/mol. The lowest BCUT2D eigenvalue weighted by Crippen LogP contribution is -2.35. The van der Waals surface area contributed by atoms with Crippen molar-refractivity contribution in [3.05, 3.63) is 29.8 Å². The highest BCUT2D eigenvalue weighted by atomic mass is 32.2. The Labute approximate surface area is 127 Å². The van der Waals surface area contributed by atoms with Gasteiger partial charge in [0, 0.05) is 30.6 Å². The molecule has 1 aromatic rings. The summed E-state index contributed by atoms with van der Waals surface area (Å²) in [7, 11) is 0. The number of thioether (sulfide) groups is 1. The molecule has 0 aliphatic carbocycles. The van der Waals surface area contributed by atoms with Crippen molar-refractivity contribution in [2.75, 3.05) is 38.5 Å². The lowest BCUT2D eigenvalue weighted by molar-refractivity contribution is 0.191. The molecule has 2 aliphatic heterocycles. The first-order chi connectivity index (χ1) is 9.88. The van der Waals surface area contributed by atoms with E-state index in [0.29, 0.717) is 6.04 Å². The fourth-order valence-electron chi connectivity index (χ4n) is 3.54. The van der Waals surface area contributed by atoms with E-state index in [1.54, 1.807) is 5.56 Å². The summed E-state index contributed by atoms with van der Waals surface area (Å²) in [6.45, 7) is 8.60. The predicted molar refractivity (Wildman–Crippen MR) is 87.4 cm³/mol. The van der Waals surface area contributed by atoms with Crippen molar-refractivity contribution >= 4 is 11.8 Å². The highest BCUT2D eigenvalue weighted by molar-refractivity contribution is 7.99. The van der Waals surface area contributed by atoms with Crippen LogP contribution in [0.2, 0.25) is 0 Å². The van der Waals surface area contributed by atoms with E-state index in [0.717, 1.165) is 0 Å². The van der Waals surface area contributed by atoms with Gasteiger partial charge in [-0.05, 0) is 49.7 Å². The van der Waals surface area contributed by atoms with E-state index in [9.17, 15) is 0 Å². The van der Waals surface area contributed by atoms with Gasteiger partial charge in [-0.3, -0.25) is 4.90 Å². The van der Waals surface area contributed by atoms with Gasteiger partial charge in [-0.15, -0.1) is 11.8 Å². The Kier molecular flexibility index (Phi) is 5.03. The molecule has 1 fully saturated rings.